The predicted octanol–water partition coefficient (Wildman–Crippen LogP) is 1.54. The highest BCUT2D eigenvalue weighted by Crippen LogP contribution is 2.11. The lowest BCUT2D eigenvalue weighted by Crippen LogP contribution is -2.37. The first kappa shape index (κ1) is 15.9. The lowest BCUT2D eigenvalue weighted by Gasteiger charge is -2.29. The number of amides is 1. The molecule has 1 aliphatic rings. The van der Waals surface area contributed by atoms with Crippen LogP contribution in [0.1, 0.15) is 29.6 Å². The lowest BCUT2D eigenvalue weighted by atomic mass is 10.1. The van der Waals surface area contributed by atoms with Crippen molar-refractivity contribution in [3.8, 4) is 0 Å². The summed E-state index contributed by atoms with van der Waals surface area (Å²) in [7, 11) is 0. The standard InChI is InChI=1S/C15H20F2N2O2/c16-13-4-1-3-12(14(13)17)15(21)18-7-2-8-19-9-5-11(20)6-10-19/h1,3-4,11,20H,2,5-10H2,(H,18,21). The molecule has 0 spiro atoms. The second kappa shape index (κ2) is 7.47. The van der Waals surface area contributed by atoms with Gasteiger partial charge in [-0.05, 0) is 37.9 Å². The van der Waals surface area contributed by atoms with E-state index in [0.717, 1.165) is 45.0 Å². The highest BCUT2D eigenvalue weighted by Gasteiger charge is 2.17. The van der Waals surface area contributed by atoms with Gasteiger partial charge in [0.25, 0.3) is 5.91 Å². The monoisotopic (exact) mass is 298 g/mol. The molecule has 2 N–H and O–H groups in total. The topological polar surface area (TPSA) is 52.6 Å². The van der Waals surface area contributed by atoms with Crippen LogP contribution in [0.3, 0.4) is 0 Å². The number of rotatable bonds is 5. The van der Waals surface area contributed by atoms with Gasteiger partial charge in [0, 0.05) is 19.6 Å². The van der Waals surface area contributed by atoms with E-state index in [1.54, 1.807) is 0 Å². The second-order valence-corrected chi connectivity index (χ2v) is 5.28. The fourth-order valence-corrected chi connectivity index (χ4v) is 2.42. The summed E-state index contributed by atoms with van der Waals surface area (Å²) >= 11 is 0. The van der Waals surface area contributed by atoms with Gasteiger partial charge < -0.3 is 15.3 Å². The van der Waals surface area contributed by atoms with E-state index in [1.165, 1.54) is 12.1 Å². The summed E-state index contributed by atoms with van der Waals surface area (Å²) < 4.78 is 26.4. The third-order valence-corrected chi connectivity index (χ3v) is 3.69. The third-order valence-electron chi connectivity index (χ3n) is 3.69. The van der Waals surface area contributed by atoms with Gasteiger partial charge in [-0.2, -0.15) is 0 Å². The van der Waals surface area contributed by atoms with Crippen LogP contribution in [0.5, 0.6) is 0 Å². The van der Waals surface area contributed by atoms with Crippen molar-refractivity contribution in [2.75, 3.05) is 26.2 Å². The molecule has 1 aromatic carbocycles. The Bertz CT molecular complexity index is 489. The number of carbonyl (C=O) groups is 1. The fraction of sp³-hybridized carbons (Fsp3) is 0.533. The van der Waals surface area contributed by atoms with E-state index in [0.29, 0.717) is 6.54 Å². The Morgan fingerprint density at radius 3 is 2.76 bits per heavy atom. The highest BCUT2D eigenvalue weighted by atomic mass is 19.2. The molecule has 0 atom stereocenters. The van der Waals surface area contributed by atoms with Crippen molar-refractivity contribution in [3.05, 3.63) is 35.4 Å². The smallest absolute Gasteiger partial charge is 0.254 e. The van der Waals surface area contributed by atoms with E-state index in [1.807, 2.05) is 0 Å². The Balaban J connectivity index is 1.71. The summed E-state index contributed by atoms with van der Waals surface area (Å²) in [6, 6.07) is 3.56. The molecular formula is C15H20F2N2O2. The van der Waals surface area contributed by atoms with Gasteiger partial charge in [-0.15, -0.1) is 0 Å². The Kier molecular flexibility index (Phi) is 5.64. The molecule has 1 aliphatic heterocycles. The van der Waals surface area contributed by atoms with Crippen LogP contribution in [0, 0.1) is 11.6 Å². The summed E-state index contributed by atoms with van der Waals surface area (Å²) in [6.07, 6.45) is 2.09. The molecule has 1 heterocycles. The SMILES string of the molecule is O=C(NCCCN1CCC(O)CC1)c1cccc(F)c1F. The Morgan fingerprint density at radius 2 is 2.05 bits per heavy atom. The van der Waals surface area contributed by atoms with Gasteiger partial charge in [0.1, 0.15) is 0 Å². The Labute approximate surface area is 122 Å². The number of benzene rings is 1. The third kappa shape index (κ3) is 4.47. The molecular weight excluding hydrogens is 278 g/mol. The molecule has 1 fully saturated rings. The van der Waals surface area contributed by atoms with Crippen LogP contribution in [0.2, 0.25) is 0 Å². The van der Waals surface area contributed by atoms with Crippen molar-refractivity contribution >= 4 is 5.91 Å². The van der Waals surface area contributed by atoms with Crippen LogP contribution in [0.15, 0.2) is 18.2 Å². The first-order valence-corrected chi connectivity index (χ1v) is 7.20. The van der Waals surface area contributed by atoms with E-state index in [9.17, 15) is 18.7 Å². The van der Waals surface area contributed by atoms with Crippen molar-refractivity contribution < 1.29 is 18.7 Å². The summed E-state index contributed by atoms with van der Waals surface area (Å²) in [4.78, 5) is 14.0. The minimum absolute atomic E-state index is 0.197. The maximum atomic E-state index is 13.4. The second-order valence-electron chi connectivity index (χ2n) is 5.28. The van der Waals surface area contributed by atoms with Gasteiger partial charge in [-0.1, -0.05) is 6.07 Å². The van der Waals surface area contributed by atoms with Gasteiger partial charge in [-0.3, -0.25) is 4.79 Å². The average Bonchev–Trinajstić information content (AvgIpc) is 2.48. The van der Waals surface area contributed by atoms with E-state index < -0.39 is 17.5 Å². The number of aliphatic hydroxyl groups excluding tert-OH is 1. The van der Waals surface area contributed by atoms with Crippen LogP contribution < -0.4 is 5.32 Å². The molecule has 2 rings (SSSR count). The number of likely N-dealkylation sites (tertiary alicyclic amines) is 1. The number of piperidine rings is 1. The van der Waals surface area contributed by atoms with Crippen LogP contribution in [-0.2, 0) is 0 Å². The number of nitrogens with one attached hydrogen (secondary N) is 1. The average molecular weight is 298 g/mol. The van der Waals surface area contributed by atoms with Crippen molar-refractivity contribution in [1.29, 1.82) is 0 Å². The van der Waals surface area contributed by atoms with Gasteiger partial charge in [0.2, 0.25) is 0 Å². The van der Waals surface area contributed by atoms with E-state index in [-0.39, 0.29) is 11.7 Å². The van der Waals surface area contributed by atoms with Gasteiger partial charge in [0.05, 0.1) is 11.7 Å². The predicted molar refractivity (Wildman–Crippen MR) is 75.0 cm³/mol. The summed E-state index contributed by atoms with van der Waals surface area (Å²) in [5, 5.41) is 12.0. The molecule has 0 radical (unpaired) electrons. The number of halogens is 2. The van der Waals surface area contributed by atoms with E-state index in [2.05, 4.69) is 10.2 Å². The first-order valence-electron chi connectivity index (χ1n) is 7.20. The Hall–Kier alpha value is -1.53. The molecule has 1 aromatic rings. The quantitative estimate of drug-likeness (QED) is 0.811. The maximum absolute atomic E-state index is 13.4. The molecule has 1 amide bonds. The zero-order valence-corrected chi connectivity index (χ0v) is 11.8. The molecule has 0 unspecified atom stereocenters. The van der Waals surface area contributed by atoms with Crippen molar-refractivity contribution in [3.63, 3.8) is 0 Å². The lowest BCUT2D eigenvalue weighted by molar-refractivity contribution is 0.0816. The molecule has 4 nitrogen and oxygen atoms in total. The minimum atomic E-state index is -1.11. The summed E-state index contributed by atoms with van der Waals surface area (Å²) in [5.74, 6) is -2.73. The zero-order chi connectivity index (χ0) is 15.2. The van der Waals surface area contributed by atoms with Gasteiger partial charge in [-0.25, -0.2) is 8.78 Å². The van der Waals surface area contributed by atoms with Crippen LogP contribution in [0.25, 0.3) is 0 Å². The molecule has 116 valence electrons. The zero-order valence-electron chi connectivity index (χ0n) is 11.8. The van der Waals surface area contributed by atoms with E-state index >= 15 is 0 Å². The van der Waals surface area contributed by atoms with E-state index in [4.69, 9.17) is 0 Å². The van der Waals surface area contributed by atoms with Crippen LogP contribution >= 0.6 is 0 Å². The number of hydrogen-bond acceptors (Lipinski definition) is 3. The fourth-order valence-electron chi connectivity index (χ4n) is 2.42. The molecule has 0 aromatic heterocycles. The maximum Gasteiger partial charge on any atom is 0.254 e. The van der Waals surface area contributed by atoms with Crippen molar-refractivity contribution in [2.45, 2.75) is 25.4 Å². The summed E-state index contributed by atoms with van der Waals surface area (Å²) in [5.41, 5.74) is -0.268. The van der Waals surface area contributed by atoms with Crippen LogP contribution in [0.4, 0.5) is 8.78 Å². The van der Waals surface area contributed by atoms with Crippen molar-refractivity contribution in [2.24, 2.45) is 0 Å². The van der Waals surface area contributed by atoms with Crippen LogP contribution in [-0.4, -0.2) is 48.2 Å². The first-order chi connectivity index (χ1) is 10.1. The van der Waals surface area contributed by atoms with Gasteiger partial charge >= 0.3 is 0 Å². The molecule has 6 heteroatoms. The number of nitrogens with zero attached hydrogens (tertiary/aromatic N) is 1. The molecule has 1 saturated heterocycles. The molecule has 0 aliphatic carbocycles. The minimum Gasteiger partial charge on any atom is -0.393 e. The molecule has 0 bridgehead atoms. The number of aliphatic hydroxyl groups is 1. The number of hydrogen-bond donors (Lipinski definition) is 2. The largest absolute Gasteiger partial charge is 0.393 e. The van der Waals surface area contributed by atoms with Gasteiger partial charge in [0.15, 0.2) is 11.6 Å². The summed E-state index contributed by atoms with van der Waals surface area (Å²) in [6.45, 7) is 2.94. The molecule has 0 saturated carbocycles. The normalized spacial score (nSPS) is 16.9. The van der Waals surface area contributed by atoms with Crippen molar-refractivity contribution in [1.82, 2.24) is 10.2 Å². The Morgan fingerprint density at radius 1 is 1.33 bits per heavy atom. The number of carbonyl (C=O) groups excluding carboxylic acids is 1. The molecule has 21 heavy (non-hydrogen) atoms. The highest BCUT2D eigenvalue weighted by molar-refractivity contribution is 5.94.